The van der Waals surface area contributed by atoms with E-state index in [0.717, 1.165) is 0 Å². The Hall–Kier alpha value is -1.30. The van der Waals surface area contributed by atoms with E-state index < -0.39 is 12.2 Å². The van der Waals surface area contributed by atoms with Crippen molar-refractivity contribution in [3.05, 3.63) is 0 Å². The third-order valence-electron chi connectivity index (χ3n) is 3.21. The van der Waals surface area contributed by atoms with E-state index >= 15 is 0 Å². The van der Waals surface area contributed by atoms with Crippen LogP contribution in [0.15, 0.2) is 0 Å². The Morgan fingerprint density at radius 2 is 2.17 bits per heavy atom. The second-order valence-electron chi connectivity index (χ2n) is 4.72. The van der Waals surface area contributed by atoms with Crippen LogP contribution in [0, 0.1) is 5.92 Å². The first-order chi connectivity index (χ1) is 8.43. The van der Waals surface area contributed by atoms with Gasteiger partial charge in [0, 0.05) is 25.9 Å². The van der Waals surface area contributed by atoms with Crippen LogP contribution < -0.4 is 5.32 Å². The molecule has 104 valence electrons. The van der Waals surface area contributed by atoms with E-state index in [1.165, 1.54) is 6.92 Å². The number of alkyl carbamates (subject to hydrolysis) is 1. The molecule has 1 saturated heterocycles. The van der Waals surface area contributed by atoms with Gasteiger partial charge in [-0.05, 0) is 20.3 Å². The maximum atomic E-state index is 11.4. The van der Waals surface area contributed by atoms with Crippen molar-refractivity contribution in [2.75, 3.05) is 19.7 Å². The van der Waals surface area contributed by atoms with Crippen molar-refractivity contribution < 1.29 is 19.4 Å². The third-order valence-corrected chi connectivity index (χ3v) is 3.21. The Morgan fingerprint density at radius 3 is 2.67 bits per heavy atom. The molecule has 3 unspecified atom stereocenters. The summed E-state index contributed by atoms with van der Waals surface area (Å²) in [7, 11) is 0. The summed E-state index contributed by atoms with van der Waals surface area (Å²) >= 11 is 0. The number of aliphatic hydroxyl groups excluding tert-OH is 1. The van der Waals surface area contributed by atoms with Crippen LogP contribution in [-0.2, 0) is 9.53 Å². The van der Waals surface area contributed by atoms with Crippen molar-refractivity contribution >= 4 is 12.0 Å². The fraction of sp³-hybridized carbons (Fsp3) is 0.833. The van der Waals surface area contributed by atoms with Gasteiger partial charge in [-0.25, -0.2) is 4.79 Å². The maximum Gasteiger partial charge on any atom is 0.407 e. The minimum Gasteiger partial charge on any atom is -0.450 e. The summed E-state index contributed by atoms with van der Waals surface area (Å²) in [5, 5.41) is 12.4. The summed E-state index contributed by atoms with van der Waals surface area (Å²) in [5.74, 6) is -0.0643. The number of piperidine rings is 1. The molecule has 0 aromatic heterocycles. The molecule has 18 heavy (non-hydrogen) atoms. The van der Waals surface area contributed by atoms with Crippen LogP contribution in [0.3, 0.4) is 0 Å². The van der Waals surface area contributed by atoms with Gasteiger partial charge in [-0.2, -0.15) is 0 Å². The molecular formula is C12H22N2O4. The quantitative estimate of drug-likeness (QED) is 0.765. The number of ether oxygens (including phenoxy) is 1. The lowest BCUT2D eigenvalue weighted by Gasteiger charge is -2.38. The molecule has 2 N–H and O–H groups in total. The highest BCUT2D eigenvalue weighted by Crippen LogP contribution is 2.20. The zero-order valence-corrected chi connectivity index (χ0v) is 11.2. The van der Waals surface area contributed by atoms with Crippen molar-refractivity contribution in [3.8, 4) is 0 Å². The van der Waals surface area contributed by atoms with E-state index in [0.29, 0.717) is 26.1 Å². The van der Waals surface area contributed by atoms with Gasteiger partial charge >= 0.3 is 6.09 Å². The number of aliphatic hydroxyl groups is 1. The molecule has 3 atom stereocenters. The van der Waals surface area contributed by atoms with Gasteiger partial charge in [0.1, 0.15) is 0 Å². The topological polar surface area (TPSA) is 78.9 Å². The molecule has 0 saturated carbocycles. The van der Waals surface area contributed by atoms with Crippen LogP contribution in [-0.4, -0.2) is 53.8 Å². The molecule has 0 radical (unpaired) electrons. The van der Waals surface area contributed by atoms with E-state index in [4.69, 9.17) is 4.74 Å². The Balaban J connectivity index is 2.61. The van der Waals surface area contributed by atoms with Crippen molar-refractivity contribution in [2.45, 2.75) is 39.3 Å². The summed E-state index contributed by atoms with van der Waals surface area (Å²) in [5.41, 5.74) is 0. The zero-order chi connectivity index (χ0) is 13.7. The number of amides is 2. The highest BCUT2D eigenvalue weighted by Gasteiger charge is 2.31. The minimum atomic E-state index is -0.501. The first-order valence-electron chi connectivity index (χ1n) is 6.30. The molecule has 0 aliphatic carbocycles. The number of nitrogens with zero attached hydrogens (tertiary/aromatic N) is 1. The number of carbonyl (C=O) groups excluding carboxylic acids is 2. The molecule has 1 fully saturated rings. The van der Waals surface area contributed by atoms with E-state index in [2.05, 4.69) is 5.32 Å². The largest absolute Gasteiger partial charge is 0.450 e. The Labute approximate surface area is 107 Å². The molecule has 2 amide bonds. The molecule has 1 aliphatic heterocycles. The molecule has 0 aromatic rings. The lowest BCUT2D eigenvalue weighted by atomic mass is 9.90. The van der Waals surface area contributed by atoms with Crippen molar-refractivity contribution in [1.82, 2.24) is 10.2 Å². The Bertz CT molecular complexity index is 306. The lowest BCUT2D eigenvalue weighted by molar-refractivity contribution is -0.132. The van der Waals surface area contributed by atoms with Crippen molar-refractivity contribution in [3.63, 3.8) is 0 Å². The van der Waals surface area contributed by atoms with Crippen molar-refractivity contribution in [1.29, 1.82) is 0 Å². The van der Waals surface area contributed by atoms with Crippen molar-refractivity contribution in [2.24, 2.45) is 5.92 Å². The van der Waals surface area contributed by atoms with Gasteiger partial charge in [-0.3, -0.25) is 4.79 Å². The van der Waals surface area contributed by atoms with Crippen LogP contribution in [0.5, 0.6) is 0 Å². The molecule has 0 spiro atoms. The number of hydrogen-bond acceptors (Lipinski definition) is 4. The Morgan fingerprint density at radius 1 is 1.50 bits per heavy atom. The second kappa shape index (κ2) is 6.58. The summed E-state index contributed by atoms with van der Waals surface area (Å²) in [6, 6.07) is -0.165. The van der Waals surface area contributed by atoms with Crippen LogP contribution >= 0.6 is 0 Å². The van der Waals surface area contributed by atoms with E-state index in [1.54, 1.807) is 18.7 Å². The van der Waals surface area contributed by atoms with Gasteiger partial charge < -0.3 is 20.1 Å². The average molecular weight is 258 g/mol. The van der Waals surface area contributed by atoms with Gasteiger partial charge in [0.2, 0.25) is 5.91 Å². The standard InChI is InChI=1S/C12H22N2O4/c1-4-18-12(17)13-11-5-10(8(2)15)6-14(7-11)9(3)16/h8,10-11,15H,4-7H2,1-3H3,(H,13,17). The van der Waals surface area contributed by atoms with E-state index in [1.807, 2.05) is 0 Å². The number of rotatable bonds is 3. The van der Waals surface area contributed by atoms with Gasteiger partial charge in [0.25, 0.3) is 0 Å². The average Bonchev–Trinajstić information content (AvgIpc) is 2.28. The minimum absolute atomic E-state index is 0.0189. The Kier molecular flexibility index (Phi) is 5.40. The number of nitrogens with one attached hydrogen (secondary N) is 1. The maximum absolute atomic E-state index is 11.4. The van der Waals surface area contributed by atoms with Gasteiger partial charge in [-0.15, -0.1) is 0 Å². The number of carbonyl (C=O) groups is 2. The van der Waals surface area contributed by atoms with E-state index in [-0.39, 0.29) is 17.9 Å². The molecule has 0 bridgehead atoms. The molecular weight excluding hydrogens is 236 g/mol. The molecule has 6 nitrogen and oxygen atoms in total. The third kappa shape index (κ3) is 4.18. The zero-order valence-electron chi connectivity index (χ0n) is 11.2. The summed E-state index contributed by atoms with van der Waals surface area (Å²) < 4.78 is 4.82. The smallest absolute Gasteiger partial charge is 0.407 e. The molecule has 1 heterocycles. The monoisotopic (exact) mass is 258 g/mol. The number of hydrogen-bond donors (Lipinski definition) is 2. The predicted octanol–water partition coefficient (Wildman–Crippen LogP) is 0.350. The highest BCUT2D eigenvalue weighted by atomic mass is 16.5. The molecule has 6 heteroatoms. The SMILES string of the molecule is CCOC(=O)NC1CC(C(C)O)CN(C(C)=O)C1. The van der Waals surface area contributed by atoms with Crippen LogP contribution in [0.25, 0.3) is 0 Å². The van der Waals surface area contributed by atoms with Gasteiger partial charge in [0.05, 0.1) is 18.8 Å². The van der Waals surface area contributed by atoms with Crippen LogP contribution in [0.4, 0.5) is 4.79 Å². The van der Waals surface area contributed by atoms with Crippen LogP contribution in [0.2, 0.25) is 0 Å². The number of likely N-dealkylation sites (tertiary alicyclic amines) is 1. The summed E-state index contributed by atoms with van der Waals surface area (Å²) in [4.78, 5) is 24.4. The highest BCUT2D eigenvalue weighted by molar-refractivity contribution is 5.73. The fourth-order valence-corrected chi connectivity index (χ4v) is 2.19. The van der Waals surface area contributed by atoms with Gasteiger partial charge in [0.15, 0.2) is 0 Å². The lowest BCUT2D eigenvalue weighted by Crippen LogP contribution is -2.54. The predicted molar refractivity (Wildman–Crippen MR) is 66.0 cm³/mol. The van der Waals surface area contributed by atoms with Gasteiger partial charge in [-0.1, -0.05) is 0 Å². The molecule has 1 rings (SSSR count). The molecule has 0 aromatic carbocycles. The normalized spacial score (nSPS) is 25.4. The fourth-order valence-electron chi connectivity index (χ4n) is 2.19. The summed E-state index contributed by atoms with van der Waals surface area (Å²) in [6.45, 7) is 6.25. The van der Waals surface area contributed by atoms with E-state index in [9.17, 15) is 14.7 Å². The first-order valence-corrected chi connectivity index (χ1v) is 6.30. The molecule has 1 aliphatic rings. The second-order valence-corrected chi connectivity index (χ2v) is 4.72. The summed E-state index contributed by atoms with van der Waals surface area (Å²) in [6.07, 6.45) is -0.323. The van der Waals surface area contributed by atoms with Crippen LogP contribution in [0.1, 0.15) is 27.2 Å². The first kappa shape index (κ1) is 14.8.